The third-order valence-electron chi connectivity index (χ3n) is 8.63. The number of carbonyl (C=O) groups excluding carboxylic acids is 2. The minimum absolute atomic E-state index is 0. The number of hydrogen-bond acceptors (Lipinski definition) is 9. The van der Waals surface area contributed by atoms with Crippen molar-refractivity contribution in [3.8, 4) is 0 Å². The van der Waals surface area contributed by atoms with Crippen LogP contribution < -0.4 is 16.4 Å². The number of hydrogen-bond donors (Lipinski definition) is 4. The van der Waals surface area contributed by atoms with Crippen molar-refractivity contribution < 1.29 is 24.2 Å². The van der Waals surface area contributed by atoms with Gasteiger partial charge >= 0.3 is 12.1 Å². The molecule has 296 valence electrons. The molecule has 2 aromatic heterocycles. The highest BCUT2D eigenvalue weighted by atomic mass is 32.1. The van der Waals surface area contributed by atoms with Crippen LogP contribution in [0.5, 0.6) is 0 Å². The van der Waals surface area contributed by atoms with Crippen LogP contribution in [-0.4, -0.2) is 96.7 Å². The average Bonchev–Trinajstić information content (AvgIpc) is 3.10. The number of benzene rings is 2. The molecule has 2 amide bonds. The van der Waals surface area contributed by atoms with Crippen molar-refractivity contribution in [3.63, 3.8) is 0 Å². The summed E-state index contributed by atoms with van der Waals surface area (Å²) < 4.78 is 5.41. The first-order chi connectivity index (χ1) is 24.7. The van der Waals surface area contributed by atoms with E-state index in [9.17, 15) is 24.0 Å². The summed E-state index contributed by atoms with van der Waals surface area (Å²) in [6, 6.07) is 14.8. The number of rotatable bonds is 6. The number of aryl methyl sites for hydroxylation is 2. The number of carbonyl (C=O) groups is 3. The number of aromatic nitrogens is 4. The summed E-state index contributed by atoms with van der Waals surface area (Å²) in [5.41, 5.74) is 0.241. The molecule has 16 heteroatoms. The first-order valence-corrected chi connectivity index (χ1v) is 17.9. The molecular formula is C38H55N7O7S2. The Morgan fingerprint density at radius 1 is 0.833 bits per heavy atom. The number of piperidine rings is 1. The van der Waals surface area contributed by atoms with E-state index in [1.807, 2.05) is 33.8 Å². The molecule has 2 aliphatic rings. The Labute approximate surface area is 329 Å². The van der Waals surface area contributed by atoms with Crippen LogP contribution >= 0.6 is 27.0 Å². The third kappa shape index (κ3) is 14.1. The van der Waals surface area contributed by atoms with E-state index in [1.165, 1.54) is 25.8 Å². The number of nitrogens with zero attached hydrogens (tertiary/aromatic N) is 4. The van der Waals surface area contributed by atoms with Crippen molar-refractivity contribution in [1.29, 1.82) is 0 Å². The zero-order valence-electron chi connectivity index (χ0n) is 31.7. The van der Waals surface area contributed by atoms with Gasteiger partial charge in [0.05, 0.1) is 28.2 Å². The summed E-state index contributed by atoms with van der Waals surface area (Å²) in [6.07, 6.45) is 4.62. The molecule has 54 heavy (non-hydrogen) atoms. The van der Waals surface area contributed by atoms with Crippen LogP contribution in [0.2, 0.25) is 0 Å². The van der Waals surface area contributed by atoms with Gasteiger partial charge in [0.15, 0.2) is 0 Å². The van der Waals surface area contributed by atoms with Crippen molar-refractivity contribution in [3.05, 3.63) is 80.9 Å². The Hall–Kier alpha value is -4.41. The molecule has 4 heterocycles. The van der Waals surface area contributed by atoms with E-state index in [2.05, 4.69) is 32.2 Å². The Balaban J connectivity index is 0.000000337. The Morgan fingerprint density at radius 3 is 1.81 bits per heavy atom. The van der Waals surface area contributed by atoms with Crippen molar-refractivity contribution in [2.75, 3.05) is 26.2 Å². The van der Waals surface area contributed by atoms with Crippen LogP contribution in [0.1, 0.15) is 78.4 Å². The molecular weight excluding hydrogens is 731 g/mol. The molecule has 4 aromatic rings. The second-order valence-electron chi connectivity index (χ2n) is 14.2. The molecule has 2 aromatic carbocycles. The molecule has 14 nitrogen and oxygen atoms in total. The van der Waals surface area contributed by atoms with Gasteiger partial charge in [0.1, 0.15) is 17.2 Å². The maximum absolute atomic E-state index is 12.7. The van der Waals surface area contributed by atoms with Crippen molar-refractivity contribution >= 4 is 66.8 Å². The molecule has 0 spiro atoms. The lowest BCUT2D eigenvalue weighted by Crippen LogP contribution is -2.56. The standard InChI is InChI=1S/C21H28N4O4.C11H10N2O3.C6H13N.2H2S/c1-14-13-24(20(28)29-21(2,3)4)11-12-25(14)18(26)10-9-17-22-16-8-6-5-7-15(16)19(27)23-17;14-10(15)6-5-9-12-8-4-2-1-3-7(8)11(16)13-9;1-6-4-2-3-5-7-6;;/h5-8,14H,9-13H2,1-4H3,(H,22,23,27);1-4H,5-6H2,(H,14,15)(H,12,13,16);6-7H,2-5H2,1H3;2*1H2/t14-;;6-;;/m0.0../s1. The number of para-hydroxylation sites is 2. The normalized spacial score (nSPS) is 16.8. The van der Waals surface area contributed by atoms with Gasteiger partial charge in [-0.1, -0.05) is 30.7 Å². The number of ether oxygens (including phenoxy) is 1. The molecule has 2 fully saturated rings. The second-order valence-corrected chi connectivity index (χ2v) is 14.2. The molecule has 2 saturated heterocycles. The largest absolute Gasteiger partial charge is 0.481 e. The quantitative estimate of drug-likeness (QED) is 0.214. The van der Waals surface area contributed by atoms with Gasteiger partial charge in [-0.3, -0.25) is 19.2 Å². The predicted molar refractivity (Wildman–Crippen MR) is 220 cm³/mol. The number of H-pyrrole nitrogens is 2. The van der Waals surface area contributed by atoms with Gasteiger partial charge in [0.2, 0.25) is 5.91 Å². The average molecular weight is 786 g/mol. The third-order valence-corrected chi connectivity index (χ3v) is 8.63. The van der Waals surface area contributed by atoms with Crippen molar-refractivity contribution in [2.45, 2.75) is 97.2 Å². The monoisotopic (exact) mass is 785 g/mol. The highest BCUT2D eigenvalue weighted by Gasteiger charge is 2.32. The summed E-state index contributed by atoms with van der Waals surface area (Å²) in [5, 5.41) is 13.0. The predicted octanol–water partition coefficient (Wildman–Crippen LogP) is 4.64. The maximum atomic E-state index is 12.7. The number of nitrogens with one attached hydrogen (secondary N) is 3. The Kier molecular flexibility index (Phi) is 18.2. The topological polar surface area (TPSA) is 191 Å². The Morgan fingerprint density at radius 2 is 1.37 bits per heavy atom. The lowest BCUT2D eigenvalue weighted by Gasteiger charge is -2.40. The van der Waals surface area contributed by atoms with E-state index in [-0.39, 0.29) is 75.4 Å². The molecule has 2 aliphatic heterocycles. The van der Waals surface area contributed by atoms with E-state index in [0.29, 0.717) is 59.5 Å². The first-order valence-electron chi connectivity index (χ1n) is 17.9. The minimum atomic E-state index is -0.907. The number of carboxylic acid groups (broad SMARTS) is 1. The van der Waals surface area contributed by atoms with Crippen LogP contribution in [0.15, 0.2) is 58.1 Å². The maximum Gasteiger partial charge on any atom is 0.410 e. The van der Waals surface area contributed by atoms with Crippen molar-refractivity contribution in [1.82, 2.24) is 35.1 Å². The van der Waals surface area contributed by atoms with E-state index >= 15 is 0 Å². The number of piperazine rings is 1. The lowest BCUT2D eigenvalue weighted by atomic mass is 10.1. The molecule has 0 unspecified atom stereocenters. The number of amides is 2. The fourth-order valence-corrected chi connectivity index (χ4v) is 5.95. The second kappa shape index (κ2) is 21.5. The number of fused-ring (bicyclic) bond motifs is 2. The fourth-order valence-electron chi connectivity index (χ4n) is 5.95. The van der Waals surface area contributed by atoms with Gasteiger partial charge in [-0.15, -0.1) is 0 Å². The fraction of sp³-hybridized carbons (Fsp3) is 0.500. The molecule has 0 saturated carbocycles. The summed E-state index contributed by atoms with van der Waals surface area (Å²) in [6.45, 7) is 12.2. The summed E-state index contributed by atoms with van der Waals surface area (Å²) in [5.74, 6) is -0.0128. The van der Waals surface area contributed by atoms with Gasteiger partial charge in [-0.25, -0.2) is 14.8 Å². The summed E-state index contributed by atoms with van der Waals surface area (Å²) in [4.78, 5) is 76.5. The molecule has 0 bridgehead atoms. The SMILES string of the molecule is C[C@H]1CCCCN1.C[C@H]1CN(C(=O)OC(C)(C)C)CCN1C(=O)CCc1nc2ccccc2c(=O)[nH]1.O=C(O)CCc1nc2ccccc2c(=O)[nH]1.S.S. The first kappa shape index (κ1) is 45.7. The van der Waals surface area contributed by atoms with Gasteiger partial charge in [0, 0.05) is 51.0 Å². The molecule has 0 aliphatic carbocycles. The van der Waals surface area contributed by atoms with E-state index in [1.54, 1.807) is 52.3 Å². The van der Waals surface area contributed by atoms with Crippen LogP contribution in [0.3, 0.4) is 0 Å². The van der Waals surface area contributed by atoms with Gasteiger partial charge < -0.3 is 34.9 Å². The molecule has 2 atom stereocenters. The molecule has 6 rings (SSSR count). The number of aromatic amines is 2. The van der Waals surface area contributed by atoms with Gasteiger partial charge in [0.25, 0.3) is 11.1 Å². The van der Waals surface area contributed by atoms with E-state index in [0.717, 1.165) is 6.04 Å². The highest BCUT2D eigenvalue weighted by molar-refractivity contribution is 7.59. The zero-order chi connectivity index (χ0) is 37.8. The van der Waals surface area contributed by atoms with Crippen molar-refractivity contribution in [2.24, 2.45) is 0 Å². The van der Waals surface area contributed by atoms with E-state index in [4.69, 9.17) is 9.84 Å². The minimum Gasteiger partial charge on any atom is -0.481 e. The van der Waals surface area contributed by atoms with Crippen LogP contribution in [0, 0.1) is 0 Å². The van der Waals surface area contributed by atoms with Gasteiger partial charge in [-0.05, 0) is 78.3 Å². The van der Waals surface area contributed by atoms with E-state index < -0.39 is 11.6 Å². The summed E-state index contributed by atoms with van der Waals surface area (Å²) >= 11 is 0. The smallest absolute Gasteiger partial charge is 0.410 e. The molecule has 4 N–H and O–H groups in total. The summed E-state index contributed by atoms with van der Waals surface area (Å²) in [7, 11) is 0. The van der Waals surface area contributed by atoms with Crippen LogP contribution in [0.4, 0.5) is 4.79 Å². The van der Waals surface area contributed by atoms with Crippen LogP contribution in [0.25, 0.3) is 21.8 Å². The lowest BCUT2D eigenvalue weighted by molar-refractivity contribution is -0.137. The number of carboxylic acids is 1. The van der Waals surface area contributed by atoms with Crippen LogP contribution in [-0.2, 0) is 27.2 Å². The molecule has 0 radical (unpaired) electrons. The zero-order valence-corrected chi connectivity index (χ0v) is 33.7. The highest BCUT2D eigenvalue weighted by Crippen LogP contribution is 2.16. The van der Waals surface area contributed by atoms with Gasteiger partial charge in [-0.2, -0.15) is 27.0 Å². The Bertz CT molecular complexity index is 1960. The number of aliphatic carboxylic acids is 1.